The molecule has 0 N–H and O–H groups in total. The number of hydrogen-bond acceptors (Lipinski definition) is 3. The third-order valence-corrected chi connectivity index (χ3v) is 4.24. The highest BCUT2D eigenvalue weighted by Crippen LogP contribution is 2.36. The predicted molar refractivity (Wildman–Crippen MR) is 103 cm³/mol. The molecule has 0 aliphatic rings. The van der Waals surface area contributed by atoms with Gasteiger partial charge in [-0.3, -0.25) is 0 Å². The molecule has 126 valence electrons. The maximum Gasteiger partial charge on any atom is 0.106 e. The fraction of sp³-hybridized carbons (Fsp3) is 0.556. The number of aromatic nitrogens is 2. The van der Waals surface area contributed by atoms with E-state index in [1.165, 1.54) is 11.1 Å². The standard InChI is InChI=1S/C12H13ClN2S.3C2H6/c1-6-5-10(13)16-12(6)11-8(3)7(2)9(4)14-15-11;3*1-2/h5H,1-4H3;3*1-2H3. The molecular formula is C18H31ClN2S. The van der Waals surface area contributed by atoms with Gasteiger partial charge in [0.1, 0.15) is 5.69 Å². The molecule has 2 heterocycles. The smallest absolute Gasteiger partial charge is 0.106 e. The first-order valence-electron chi connectivity index (χ1n) is 8.07. The normalized spacial score (nSPS) is 8.68. The van der Waals surface area contributed by atoms with E-state index in [9.17, 15) is 0 Å². The highest BCUT2D eigenvalue weighted by molar-refractivity contribution is 7.19. The van der Waals surface area contributed by atoms with Crippen LogP contribution in [0.4, 0.5) is 0 Å². The fourth-order valence-corrected chi connectivity index (χ4v) is 2.95. The Labute approximate surface area is 146 Å². The van der Waals surface area contributed by atoms with Crippen LogP contribution in [0.2, 0.25) is 4.34 Å². The monoisotopic (exact) mass is 342 g/mol. The lowest BCUT2D eigenvalue weighted by molar-refractivity contribution is 0.953. The fourth-order valence-electron chi connectivity index (χ4n) is 1.62. The molecule has 0 atom stereocenters. The molecule has 22 heavy (non-hydrogen) atoms. The average molecular weight is 343 g/mol. The van der Waals surface area contributed by atoms with Gasteiger partial charge >= 0.3 is 0 Å². The van der Waals surface area contributed by atoms with Gasteiger partial charge in [0.05, 0.1) is 14.9 Å². The maximum atomic E-state index is 6.01. The molecule has 0 unspecified atom stereocenters. The van der Waals surface area contributed by atoms with Crippen LogP contribution in [0.15, 0.2) is 6.07 Å². The molecule has 4 heteroatoms. The molecule has 2 aromatic rings. The van der Waals surface area contributed by atoms with Crippen LogP contribution in [0.1, 0.15) is 63.9 Å². The Morgan fingerprint density at radius 1 is 0.818 bits per heavy atom. The Hall–Kier alpha value is -0.930. The van der Waals surface area contributed by atoms with Crippen molar-refractivity contribution in [3.05, 3.63) is 32.8 Å². The van der Waals surface area contributed by atoms with Crippen molar-refractivity contribution in [3.63, 3.8) is 0 Å². The first kappa shape index (κ1) is 23.3. The van der Waals surface area contributed by atoms with E-state index < -0.39 is 0 Å². The second kappa shape index (κ2) is 12.6. The van der Waals surface area contributed by atoms with Crippen molar-refractivity contribution < 1.29 is 0 Å². The van der Waals surface area contributed by atoms with E-state index in [4.69, 9.17) is 11.6 Å². The summed E-state index contributed by atoms with van der Waals surface area (Å²) < 4.78 is 0.798. The summed E-state index contributed by atoms with van der Waals surface area (Å²) in [6.07, 6.45) is 0. The number of halogens is 1. The molecule has 0 aliphatic heterocycles. The molecule has 2 aromatic heterocycles. The van der Waals surface area contributed by atoms with Crippen molar-refractivity contribution in [2.45, 2.75) is 69.2 Å². The average Bonchev–Trinajstić information content (AvgIpc) is 2.89. The Morgan fingerprint density at radius 2 is 1.32 bits per heavy atom. The lowest BCUT2D eigenvalue weighted by Crippen LogP contribution is -1.98. The van der Waals surface area contributed by atoms with Gasteiger partial charge in [0.2, 0.25) is 0 Å². The third-order valence-electron chi connectivity index (χ3n) is 2.86. The number of nitrogens with zero attached hydrogens (tertiary/aromatic N) is 2. The highest BCUT2D eigenvalue weighted by atomic mass is 35.5. The van der Waals surface area contributed by atoms with Crippen LogP contribution < -0.4 is 0 Å². The number of aryl methyl sites for hydroxylation is 2. The third kappa shape index (κ3) is 6.05. The van der Waals surface area contributed by atoms with E-state index in [1.807, 2.05) is 61.5 Å². The van der Waals surface area contributed by atoms with Gasteiger partial charge in [0.25, 0.3) is 0 Å². The summed E-state index contributed by atoms with van der Waals surface area (Å²) in [7, 11) is 0. The SMILES string of the molecule is CC.CC.CC.Cc1cc(Cl)sc1-c1nnc(C)c(C)c1C. The summed E-state index contributed by atoms with van der Waals surface area (Å²) in [5.74, 6) is 0. The zero-order valence-electron chi connectivity index (χ0n) is 15.8. The number of thiophene rings is 1. The van der Waals surface area contributed by atoms with Gasteiger partial charge in [-0.25, -0.2) is 0 Å². The van der Waals surface area contributed by atoms with Crippen LogP contribution in [-0.2, 0) is 0 Å². The van der Waals surface area contributed by atoms with Crippen LogP contribution in [0.25, 0.3) is 10.6 Å². The van der Waals surface area contributed by atoms with E-state index in [-0.39, 0.29) is 0 Å². The van der Waals surface area contributed by atoms with Crippen LogP contribution in [0, 0.1) is 27.7 Å². The van der Waals surface area contributed by atoms with Gasteiger partial charge in [-0.15, -0.1) is 16.4 Å². The zero-order valence-corrected chi connectivity index (χ0v) is 17.3. The minimum Gasteiger partial charge on any atom is -0.155 e. The predicted octanol–water partition coefficient (Wildman–Crippen LogP) is 7.17. The van der Waals surface area contributed by atoms with Crippen molar-refractivity contribution in [2.24, 2.45) is 0 Å². The van der Waals surface area contributed by atoms with Crippen LogP contribution in [-0.4, -0.2) is 10.2 Å². The summed E-state index contributed by atoms with van der Waals surface area (Å²) in [6.45, 7) is 20.2. The molecular weight excluding hydrogens is 312 g/mol. The summed E-state index contributed by atoms with van der Waals surface area (Å²) in [6, 6.07) is 1.97. The Bertz CT molecular complexity index is 548. The highest BCUT2D eigenvalue weighted by Gasteiger charge is 2.13. The van der Waals surface area contributed by atoms with E-state index in [1.54, 1.807) is 11.3 Å². The lowest BCUT2D eigenvalue weighted by atomic mass is 10.1. The van der Waals surface area contributed by atoms with Gasteiger partial charge in [0.15, 0.2) is 0 Å². The second-order valence-electron chi connectivity index (χ2n) is 3.95. The summed E-state index contributed by atoms with van der Waals surface area (Å²) in [5.41, 5.74) is 5.50. The molecule has 0 aliphatic carbocycles. The Kier molecular flexibility index (Phi) is 13.4. The molecule has 0 saturated carbocycles. The van der Waals surface area contributed by atoms with E-state index in [0.717, 1.165) is 26.2 Å². The zero-order chi connectivity index (χ0) is 17.9. The largest absolute Gasteiger partial charge is 0.155 e. The van der Waals surface area contributed by atoms with Crippen LogP contribution in [0.3, 0.4) is 0 Å². The number of hydrogen-bond donors (Lipinski definition) is 0. The summed E-state index contributed by atoms with van der Waals surface area (Å²) >= 11 is 7.57. The van der Waals surface area contributed by atoms with Crippen molar-refractivity contribution in [1.82, 2.24) is 10.2 Å². The maximum absolute atomic E-state index is 6.01. The van der Waals surface area contributed by atoms with Crippen molar-refractivity contribution >= 4 is 22.9 Å². The quantitative estimate of drug-likeness (QED) is 0.548. The molecule has 0 amide bonds. The molecule has 0 aromatic carbocycles. The van der Waals surface area contributed by atoms with E-state index >= 15 is 0 Å². The first-order valence-corrected chi connectivity index (χ1v) is 9.27. The van der Waals surface area contributed by atoms with Gasteiger partial charge in [-0.2, -0.15) is 5.10 Å². The molecule has 0 saturated heterocycles. The van der Waals surface area contributed by atoms with Crippen molar-refractivity contribution in [2.75, 3.05) is 0 Å². The molecule has 0 bridgehead atoms. The summed E-state index contributed by atoms with van der Waals surface area (Å²) in [5, 5.41) is 8.46. The van der Waals surface area contributed by atoms with Gasteiger partial charge in [-0.05, 0) is 50.5 Å². The topological polar surface area (TPSA) is 25.8 Å². The second-order valence-corrected chi connectivity index (χ2v) is 5.63. The van der Waals surface area contributed by atoms with Gasteiger partial charge in [0, 0.05) is 0 Å². The molecule has 0 radical (unpaired) electrons. The minimum atomic E-state index is 0.798. The minimum absolute atomic E-state index is 0.798. The van der Waals surface area contributed by atoms with Crippen LogP contribution in [0.5, 0.6) is 0 Å². The Balaban J connectivity index is 0. The van der Waals surface area contributed by atoms with Crippen LogP contribution >= 0.6 is 22.9 Å². The first-order chi connectivity index (χ1) is 10.5. The van der Waals surface area contributed by atoms with E-state index in [2.05, 4.69) is 24.0 Å². The molecule has 0 spiro atoms. The summed E-state index contributed by atoms with van der Waals surface area (Å²) in [4.78, 5) is 1.12. The molecule has 2 nitrogen and oxygen atoms in total. The molecule has 0 fully saturated rings. The Morgan fingerprint density at radius 3 is 1.73 bits per heavy atom. The molecule has 2 rings (SSSR count). The number of rotatable bonds is 1. The van der Waals surface area contributed by atoms with E-state index in [0.29, 0.717) is 0 Å². The van der Waals surface area contributed by atoms with Gasteiger partial charge < -0.3 is 0 Å². The van der Waals surface area contributed by atoms with Gasteiger partial charge in [-0.1, -0.05) is 53.1 Å². The van der Waals surface area contributed by atoms with Crippen molar-refractivity contribution in [1.29, 1.82) is 0 Å². The lowest BCUT2D eigenvalue weighted by Gasteiger charge is -2.07. The van der Waals surface area contributed by atoms with Crippen molar-refractivity contribution in [3.8, 4) is 10.6 Å².